The molecular formula is C16H16N2O3S2. The van der Waals surface area contributed by atoms with Crippen LogP contribution in [0.2, 0.25) is 0 Å². The molecule has 7 heteroatoms. The second-order valence-corrected chi connectivity index (χ2v) is 6.87. The van der Waals surface area contributed by atoms with Crippen molar-refractivity contribution in [2.24, 2.45) is 0 Å². The number of hydrogen-bond donors (Lipinski definition) is 0. The van der Waals surface area contributed by atoms with Crippen molar-refractivity contribution in [3.05, 3.63) is 38.5 Å². The summed E-state index contributed by atoms with van der Waals surface area (Å²) in [7, 11) is 0. The van der Waals surface area contributed by atoms with Crippen molar-refractivity contribution in [1.29, 1.82) is 5.26 Å². The van der Waals surface area contributed by atoms with E-state index in [4.69, 9.17) is 10.00 Å². The highest BCUT2D eigenvalue weighted by Crippen LogP contribution is 2.20. The lowest BCUT2D eigenvalue weighted by atomic mass is 10.1. The number of thiophene rings is 1. The van der Waals surface area contributed by atoms with Crippen LogP contribution in [0.1, 0.15) is 34.3 Å². The maximum Gasteiger partial charge on any atom is 0.306 e. The van der Waals surface area contributed by atoms with Crippen LogP contribution in [0.3, 0.4) is 0 Å². The van der Waals surface area contributed by atoms with Crippen LogP contribution in [0.15, 0.2) is 22.9 Å². The third-order valence-electron chi connectivity index (χ3n) is 3.09. The van der Waals surface area contributed by atoms with Crippen molar-refractivity contribution in [2.45, 2.75) is 32.1 Å². The Balaban J connectivity index is 1.74. The maximum absolute atomic E-state index is 12.0. The highest BCUT2D eigenvalue weighted by Gasteiger charge is 2.24. The molecule has 2 heterocycles. The zero-order valence-corrected chi connectivity index (χ0v) is 14.3. The van der Waals surface area contributed by atoms with E-state index in [9.17, 15) is 9.59 Å². The number of Topliss-reactive ketones (excluding diaryl/α,β-unsaturated/α-hetero) is 1. The zero-order chi connectivity index (χ0) is 16.7. The van der Waals surface area contributed by atoms with E-state index in [2.05, 4.69) is 4.98 Å². The molecule has 0 saturated heterocycles. The molecule has 1 atom stereocenters. The Kier molecular flexibility index (Phi) is 6.44. The van der Waals surface area contributed by atoms with Gasteiger partial charge in [-0.05, 0) is 31.2 Å². The third kappa shape index (κ3) is 5.27. The largest absolute Gasteiger partial charge is 0.458 e. The van der Waals surface area contributed by atoms with E-state index in [-0.39, 0.29) is 13.0 Å². The van der Waals surface area contributed by atoms with E-state index < -0.39 is 17.7 Å². The van der Waals surface area contributed by atoms with Crippen molar-refractivity contribution < 1.29 is 14.3 Å². The van der Waals surface area contributed by atoms with Gasteiger partial charge in [-0.1, -0.05) is 6.07 Å². The normalized spacial score (nSPS) is 11.7. The fraction of sp³-hybridized carbons (Fsp3) is 0.375. The molecule has 5 nitrogen and oxygen atoms in total. The van der Waals surface area contributed by atoms with E-state index in [1.54, 1.807) is 23.6 Å². The number of ketones is 1. The molecule has 0 N–H and O–H groups in total. The van der Waals surface area contributed by atoms with Gasteiger partial charge in [-0.2, -0.15) is 5.26 Å². The third-order valence-corrected chi connectivity index (χ3v) is 5.06. The molecule has 0 bridgehead atoms. The van der Waals surface area contributed by atoms with Gasteiger partial charge < -0.3 is 4.74 Å². The number of ether oxygens (including phenoxy) is 1. The molecule has 0 radical (unpaired) electrons. The molecule has 0 amide bonds. The van der Waals surface area contributed by atoms with Crippen molar-refractivity contribution in [3.63, 3.8) is 0 Å². The molecule has 2 aromatic heterocycles. The molecule has 0 spiro atoms. The van der Waals surface area contributed by atoms with Crippen molar-refractivity contribution in [2.75, 3.05) is 6.61 Å². The molecule has 2 rings (SSSR count). The molecule has 120 valence electrons. The second-order valence-electron chi connectivity index (χ2n) is 4.95. The first kappa shape index (κ1) is 17.3. The topological polar surface area (TPSA) is 80.0 Å². The summed E-state index contributed by atoms with van der Waals surface area (Å²) in [6.07, 6.45) is 1.76. The molecule has 0 aromatic carbocycles. The van der Waals surface area contributed by atoms with Gasteiger partial charge in [0.2, 0.25) is 0 Å². The average Bonchev–Trinajstić information content (AvgIpc) is 3.18. The summed E-state index contributed by atoms with van der Waals surface area (Å²) < 4.78 is 4.98. The first-order valence-electron chi connectivity index (χ1n) is 7.12. The molecule has 0 aliphatic rings. The Labute approximate surface area is 142 Å². The number of esters is 1. The van der Waals surface area contributed by atoms with Gasteiger partial charge in [0.1, 0.15) is 5.01 Å². The van der Waals surface area contributed by atoms with Crippen LogP contribution in [0.5, 0.6) is 0 Å². The van der Waals surface area contributed by atoms with Gasteiger partial charge in [-0.25, -0.2) is 4.98 Å². The minimum atomic E-state index is -0.965. The Morgan fingerprint density at radius 3 is 2.87 bits per heavy atom. The fourth-order valence-corrected chi connectivity index (χ4v) is 3.55. The van der Waals surface area contributed by atoms with Gasteiger partial charge in [0.15, 0.2) is 18.3 Å². The van der Waals surface area contributed by atoms with Crippen LogP contribution in [0.25, 0.3) is 0 Å². The van der Waals surface area contributed by atoms with Gasteiger partial charge in [0.25, 0.3) is 0 Å². The number of nitrogens with zero attached hydrogens (tertiary/aromatic N) is 2. The smallest absolute Gasteiger partial charge is 0.306 e. The minimum absolute atomic E-state index is 0.263. The van der Waals surface area contributed by atoms with Gasteiger partial charge >= 0.3 is 5.97 Å². The van der Waals surface area contributed by atoms with Crippen LogP contribution in [0, 0.1) is 18.3 Å². The molecule has 0 fully saturated rings. The lowest BCUT2D eigenvalue weighted by Gasteiger charge is -2.06. The fourth-order valence-electron chi connectivity index (χ4n) is 1.94. The molecule has 0 aliphatic heterocycles. The minimum Gasteiger partial charge on any atom is -0.458 e. The van der Waals surface area contributed by atoms with Gasteiger partial charge in [0.05, 0.1) is 6.07 Å². The standard InChI is InChI=1S/C16H16N2O3S2/c1-11-10-23-16(18-11)13(8-17)14(19)9-21-15(20)6-2-4-12-5-3-7-22-12/h3,5,7,10,13H,2,4,6,9H2,1H3/t13-/m0/s1. The summed E-state index contributed by atoms with van der Waals surface area (Å²) in [6, 6.07) is 5.92. The summed E-state index contributed by atoms with van der Waals surface area (Å²) in [5.74, 6) is -1.82. The predicted octanol–water partition coefficient (Wildman–Crippen LogP) is 3.26. The monoisotopic (exact) mass is 348 g/mol. The van der Waals surface area contributed by atoms with Gasteiger partial charge in [-0.15, -0.1) is 22.7 Å². The highest BCUT2D eigenvalue weighted by molar-refractivity contribution is 7.10. The van der Waals surface area contributed by atoms with E-state index in [1.807, 2.05) is 23.6 Å². The van der Waals surface area contributed by atoms with Crippen LogP contribution >= 0.6 is 22.7 Å². The second kappa shape index (κ2) is 8.56. The summed E-state index contributed by atoms with van der Waals surface area (Å²) in [6.45, 7) is 1.42. The lowest BCUT2D eigenvalue weighted by molar-refractivity contribution is -0.148. The maximum atomic E-state index is 12.0. The van der Waals surface area contributed by atoms with E-state index in [1.165, 1.54) is 16.2 Å². The highest BCUT2D eigenvalue weighted by atomic mass is 32.1. The summed E-state index contributed by atoms with van der Waals surface area (Å²) in [5.41, 5.74) is 0.767. The number of rotatable bonds is 8. The van der Waals surface area contributed by atoms with E-state index >= 15 is 0 Å². The van der Waals surface area contributed by atoms with Crippen LogP contribution < -0.4 is 0 Å². The van der Waals surface area contributed by atoms with Gasteiger partial charge in [0, 0.05) is 22.4 Å². The Morgan fingerprint density at radius 2 is 2.26 bits per heavy atom. The van der Waals surface area contributed by atoms with Crippen LogP contribution in [-0.4, -0.2) is 23.3 Å². The molecular weight excluding hydrogens is 332 g/mol. The average molecular weight is 348 g/mol. The summed E-state index contributed by atoms with van der Waals surface area (Å²) in [4.78, 5) is 29.0. The SMILES string of the molecule is Cc1csc([C@@H](C#N)C(=O)COC(=O)CCCc2cccs2)n1. The summed E-state index contributed by atoms with van der Waals surface area (Å²) in [5, 5.41) is 13.4. The van der Waals surface area contributed by atoms with Crippen molar-refractivity contribution in [3.8, 4) is 6.07 Å². The number of nitriles is 1. The number of aromatic nitrogens is 1. The van der Waals surface area contributed by atoms with E-state index in [0.29, 0.717) is 11.4 Å². The van der Waals surface area contributed by atoms with Crippen molar-refractivity contribution >= 4 is 34.4 Å². The number of carbonyl (C=O) groups excluding carboxylic acids is 2. The van der Waals surface area contributed by atoms with Crippen LogP contribution in [0.4, 0.5) is 0 Å². The Bertz CT molecular complexity index is 701. The molecule has 0 unspecified atom stereocenters. The summed E-state index contributed by atoms with van der Waals surface area (Å²) >= 11 is 2.91. The molecule has 2 aromatic rings. The molecule has 0 saturated carbocycles. The van der Waals surface area contributed by atoms with Gasteiger partial charge in [-0.3, -0.25) is 9.59 Å². The lowest BCUT2D eigenvalue weighted by Crippen LogP contribution is -2.19. The zero-order valence-electron chi connectivity index (χ0n) is 12.7. The Hall–Kier alpha value is -2.04. The first-order chi connectivity index (χ1) is 11.1. The number of aryl methyl sites for hydroxylation is 2. The Morgan fingerprint density at radius 1 is 1.43 bits per heavy atom. The molecule has 23 heavy (non-hydrogen) atoms. The number of carbonyl (C=O) groups is 2. The number of hydrogen-bond acceptors (Lipinski definition) is 7. The first-order valence-corrected chi connectivity index (χ1v) is 8.88. The molecule has 0 aliphatic carbocycles. The predicted molar refractivity (Wildman–Crippen MR) is 88.4 cm³/mol. The van der Waals surface area contributed by atoms with Crippen LogP contribution in [-0.2, 0) is 20.7 Å². The number of thiazole rings is 1. The quantitative estimate of drug-likeness (QED) is 0.684. The van der Waals surface area contributed by atoms with E-state index in [0.717, 1.165) is 12.1 Å². The van der Waals surface area contributed by atoms with Crippen molar-refractivity contribution in [1.82, 2.24) is 4.98 Å².